The molecule has 17 heavy (non-hydrogen) atoms. The molecule has 0 aromatic rings. The summed E-state index contributed by atoms with van der Waals surface area (Å²) in [5, 5.41) is 0. The van der Waals surface area contributed by atoms with Gasteiger partial charge in [0.15, 0.2) is 6.29 Å². The van der Waals surface area contributed by atoms with Crippen LogP contribution in [0.3, 0.4) is 0 Å². The first-order valence-electron chi connectivity index (χ1n) is 6.49. The van der Waals surface area contributed by atoms with Gasteiger partial charge in [0, 0.05) is 6.21 Å². The minimum absolute atomic E-state index is 0.655. The molecule has 1 rings (SSSR count). The van der Waals surface area contributed by atoms with E-state index in [-0.39, 0.29) is 0 Å². The lowest BCUT2D eigenvalue weighted by molar-refractivity contribution is -0.105. The Morgan fingerprint density at radius 2 is 2.18 bits per heavy atom. The zero-order valence-corrected chi connectivity index (χ0v) is 11.2. The average Bonchev–Trinajstić information content (AvgIpc) is 2.23. The van der Waals surface area contributed by atoms with Gasteiger partial charge in [0.2, 0.25) is 0 Å². The van der Waals surface area contributed by atoms with Gasteiger partial charge in [-0.1, -0.05) is 25.0 Å². The molecule has 94 valence electrons. The number of hydrogen-bond donors (Lipinski definition) is 0. The number of carbonyl (C=O) groups excluding carboxylic acids is 1. The lowest BCUT2D eigenvalue weighted by atomic mass is 9.95. The Kier molecular flexibility index (Phi) is 5.88. The second-order valence-electron chi connectivity index (χ2n) is 5.14. The number of aldehydes is 1. The normalized spacial score (nSPS) is 15.5. The minimum Gasteiger partial charge on any atom is -0.296 e. The van der Waals surface area contributed by atoms with Crippen molar-refractivity contribution < 1.29 is 4.79 Å². The summed E-state index contributed by atoms with van der Waals surface area (Å²) in [5.41, 5.74) is 3.20. The molecule has 0 aromatic carbocycles. The number of allylic oxidation sites excluding steroid dienone is 4. The van der Waals surface area contributed by atoms with Gasteiger partial charge < -0.3 is 0 Å². The zero-order valence-electron chi connectivity index (χ0n) is 11.2. The van der Waals surface area contributed by atoms with Crippen molar-refractivity contribution in [3.05, 3.63) is 22.9 Å². The Balaban J connectivity index is 2.10. The summed E-state index contributed by atoms with van der Waals surface area (Å²) >= 11 is 0. The first kappa shape index (κ1) is 13.9. The Morgan fingerprint density at radius 3 is 2.71 bits per heavy atom. The van der Waals surface area contributed by atoms with E-state index < -0.39 is 0 Å². The summed E-state index contributed by atoms with van der Waals surface area (Å²) in [6.45, 7) is 6.60. The van der Waals surface area contributed by atoms with E-state index in [1.807, 2.05) is 6.21 Å². The molecule has 2 heteroatoms. The summed E-state index contributed by atoms with van der Waals surface area (Å²) in [6.07, 6.45) is 10.8. The maximum atomic E-state index is 10.5. The molecule has 0 aromatic heterocycles. The van der Waals surface area contributed by atoms with Crippen LogP contribution in [0.25, 0.3) is 0 Å². The van der Waals surface area contributed by atoms with Gasteiger partial charge in [-0.2, -0.15) is 0 Å². The van der Waals surface area contributed by atoms with Crippen LogP contribution in [0.1, 0.15) is 52.9 Å². The van der Waals surface area contributed by atoms with Crippen LogP contribution in [0.5, 0.6) is 0 Å². The van der Waals surface area contributed by atoms with Crippen LogP contribution in [0.2, 0.25) is 0 Å². The second kappa shape index (κ2) is 7.21. The van der Waals surface area contributed by atoms with Crippen LogP contribution in [0.4, 0.5) is 0 Å². The Morgan fingerprint density at radius 1 is 1.41 bits per heavy atom. The largest absolute Gasteiger partial charge is 0.296 e. The number of nitrogens with zero attached hydrogens (tertiary/aromatic N) is 1. The predicted octanol–water partition coefficient (Wildman–Crippen LogP) is 4.08. The molecule has 1 atom stereocenters. The third kappa shape index (κ3) is 5.12. The van der Waals surface area contributed by atoms with Crippen LogP contribution in [-0.2, 0) is 4.79 Å². The van der Waals surface area contributed by atoms with Gasteiger partial charge in [-0.05, 0) is 51.0 Å². The van der Waals surface area contributed by atoms with Gasteiger partial charge in [-0.15, -0.1) is 0 Å². The van der Waals surface area contributed by atoms with E-state index in [0.717, 1.165) is 30.6 Å². The minimum atomic E-state index is 0.655. The number of hydrogen-bond acceptors (Lipinski definition) is 2. The van der Waals surface area contributed by atoms with Crippen LogP contribution < -0.4 is 0 Å². The molecule has 0 spiro atoms. The molecular weight excluding hydrogens is 210 g/mol. The molecule has 0 saturated heterocycles. The fraction of sp³-hybridized carbons (Fsp3) is 0.600. The van der Waals surface area contributed by atoms with Crippen molar-refractivity contribution in [2.24, 2.45) is 10.9 Å². The van der Waals surface area contributed by atoms with E-state index in [1.54, 1.807) is 0 Å². The molecule has 1 unspecified atom stereocenters. The fourth-order valence-corrected chi connectivity index (χ4v) is 1.97. The summed E-state index contributed by atoms with van der Waals surface area (Å²) in [6, 6.07) is 0. The van der Waals surface area contributed by atoms with Crippen molar-refractivity contribution in [3.63, 3.8) is 0 Å². The van der Waals surface area contributed by atoms with Crippen molar-refractivity contribution in [3.8, 4) is 0 Å². The SMILES string of the molecule is CC(C)=CCCC(C)CCCC1=C(C=O)N=C1. The fourth-order valence-electron chi connectivity index (χ4n) is 1.97. The molecule has 0 fully saturated rings. The topological polar surface area (TPSA) is 29.4 Å². The molecule has 1 aliphatic rings. The highest BCUT2D eigenvalue weighted by Gasteiger charge is 2.10. The number of rotatable bonds is 8. The van der Waals surface area contributed by atoms with E-state index in [2.05, 4.69) is 31.8 Å². The first-order chi connectivity index (χ1) is 8.13. The van der Waals surface area contributed by atoms with Crippen LogP contribution in [0.15, 0.2) is 27.9 Å². The molecular formula is C15H23NO. The summed E-state index contributed by atoms with van der Waals surface area (Å²) in [7, 11) is 0. The highest BCUT2D eigenvalue weighted by Crippen LogP contribution is 2.21. The molecule has 0 saturated carbocycles. The first-order valence-corrected chi connectivity index (χ1v) is 6.49. The van der Waals surface area contributed by atoms with E-state index in [4.69, 9.17) is 0 Å². The van der Waals surface area contributed by atoms with Crippen molar-refractivity contribution in [1.29, 1.82) is 0 Å². The van der Waals surface area contributed by atoms with Crippen molar-refractivity contribution >= 4 is 12.5 Å². The van der Waals surface area contributed by atoms with Crippen molar-refractivity contribution in [1.82, 2.24) is 0 Å². The Labute approximate surface area is 105 Å². The van der Waals surface area contributed by atoms with E-state index in [1.165, 1.54) is 24.8 Å². The summed E-state index contributed by atoms with van der Waals surface area (Å²) in [5.74, 6) is 0.767. The molecule has 0 amide bonds. The van der Waals surface area contributed by atoms with E-state index in [0.29, 0.717) is 5.70 Å². The van der Waals surface area contributed by atoms with Gasteiger partial charge >= 0.3 is 0 Å². The van der Waals surface area contributed by atoms with Gasteiger partial charge in [0.05, 0.1) is 0 Å². The predicted molar refractivity (Wildman–Crippen MR) is 73.3 cm³/mol. The van der Waals surface area contributed by atoms with Gasteiger partial charge in [0.1, 0.15) is 5.70 Å². The third-order valence-corrected chi connectivity index (χ3v) is 3.16. The lowest BCUT2D eigenvalue weighted by Gasteiger charge is -2.13. The maximum absolute atomic E-state index is 10.5. The molecule has 2 nitrogen and oxygen atoms in total. The standard InChI is InChI=1S/C15H23NO/c1-12(2)6-4-7-13(3)8-5-9-14-10-16-15(14)11-17/h6,10-11,13H,4-5,7-9H2,1-3H3. The second-order valence-corrected chi connectivity index (χ2v) is 5.14. The summed E-state index contributed by atoms with van der Waals surface area (Å²) in [4.78, 5) is 14.4. The number of aliphatic imine (C=N–C) groups is 1. The molecule has 0 aliphatic carbocycles. The van der Waals surface area contributed by atoms with Crippen LogP contribution >= 0.6 is 0 Å². The average molecular weight is 233 g/mol. The molecule has 0 N–H and O–H groups in total. The molecule has 1 aliphatic heterocycles. The molecule has 0 bridgehead atoms. The zero-order chi connectivity index (χ0) is 12.7. The molecule has 0 radical (unpaired) electrons. The summed E-state index contributed by atoms with van der Waals surface area (Å²) < 4.78 is 0. The Hall–Kier alpha value is -1.18. The number of carbonyl (C=O) groups is 1. The van der Waals surface area contributed by atoms with Crippen molar-refractivity contribution in [2.75, 3.05) is 0 Å². The third-order valence-electron chi connectivity index (χ3n) is 3.16. The maximum Gasteiger partial charge on any atom is 0.168 e. The monoisotopic (exact) mass is 233 g/mol. The highest BCUT2D eigenvalue weighted by molar-refractivity contribution is 5.97. The highest BCUT2D eigenvalue weighted by atomic mass is 16.1. The van der Waals surface area contributed by atoms with Gasteiger partial charge in [-0.25, -0.2) is 0 Å². The quantitative estimate of drug-likeness (QED) is 0.459. The van der Waals surface area contributed by atoms with Crippen LogP contribution in [0, 0.1) is 5.92 Å². The van der Waals surface area contributed by atoms with Crippen molar-refractivity contribution in [2.45, 2.75) is 52.9 Å². The van der Waals surface area contributed by atoms with E-state index >= 15 is 0 Å². The van der Waals surface area contributed by atoms with Gasteiger partial charge in [0.25, 0.3) is 0 Å². The van der Waals surface area contributed by atoms with Gasteiger partial charge in [-0.3, -0.25) is 9.79 Å². The molecule has 1 heterocycles. The van der Waals surface area contributed by atoms with Crippen LogP contribution in [-0.4, -0.2) is 12.5 Å². The Bertz CT molecular complexity index is 342. The van der Waals surface area contributed by atoms with E-state index in [9.17, 15) is 4.79 Å². The smallest absolute Gasteiger partial charge is 0.168 e. The lowest BCUT2D eigenvalue weighted by Crippen LogP contribution is -2.04.